The summed E-state index contributed by atoms with van der Waals surface area (Å²) < 4.78 is 5.79. The lowest BCUT2D eigenvalue weighted by atomic mass is 9.94. The summed E-state index contributed by atoms with van der Waals surface area (Å²) in [5.41, 5.74) is 5.47. The van der Waals surface area contributed by atoms with Gasteiger partial charge in [-0.1, -0.05) is 31.5 Å². The number of ether oxygens (including phenoxy) is 1. The van der Waals surface area contributed by atoms with Gasteiger partial charge in [-0.15, -0.1) is 0 Å². The number of benzene rings is 2. The molecule has 0 saturated carbocycles. The molecule has 2 aromatic rings. The van der Waals surface area contributed by atoms with Crippen molar-refractivity contribution in [2.24, 2.45) is 0 Å². The molecule has 1 heterocycles. The van der Waals surface area contributed by atoms with Crippen molar-refractivity contribution >= 4 is 40.9 Å². The van der Waals surface area contributed by atoms with E-state index in [-0.39, 0.29) is 16.6 Å². The molecule has 1 aliphatic heterocycles. The van der Waals surface area contributed by atoms with Gasteiger partial charge in [0.05, 0.1) is 12.3 Å². The molecule has 0 radical (unpaired) electrons. The summed E-state index contributed by atoms with van der Waals surface area (Å²) >= 11 is 5.33. The van der Waals surface area contributed by atoms with E-state index in [1.54, 1.807) is 6.08 Å². The quantitative estimate of drug-likeness (QED) is 0.409. The van der Waals surface area contributed by atoms with E-state index in [0.717, 1.165) is 33.6 Å². The Kier molecular flexibility index (Phi) is 6.60. The lowest BCUT2D eigenvalue weighted by molar-refractivity contribution is -0.122. The maximum atomic E-state index is 13.4. The second-order valence-electron chi connectivity index (χ2n) is 8.08. The van der Waals surface area contributed by atoms with Crippen molar-refractivity contribution in [3.05, 3.63) is 63.7 Å². The SMILES string of the molecule is CCOc1cc(C)c(/C=C2\C(=O)NC(=S)N(c3ccc(C)cc3C)C2=O)cc1C(C)C. The number of nitrogens with one attached hydrogen (secondary N) is 1. The smallest absolute Gasteiger partial charge is 0.270 e. The number of amides is 2. The molecule has 1 saturated heterocycles. The van der Waals surface area contributed by atoms with Gasteiger partial charge >= 0.3 is 0 Å². The molecule has 0 aliphatic carbocycles. The van der Waals surface area contributed by atoms with Crippen LogP contribution in [0.2, 0.25) is 0 Å². The summed E-state index contributed by atoms with van der Waals surface area (Å²) in [6.07, 6.45) is 1.65. The Hall–Kier alpha value is -2.99. The summed E-state index contributed by atoms with van der Waals surface area (Å²) in [5.74, 6) is 0.139. The molecular formula is C25H28N2O3S. The van der Waals surface area contributed by atoms with Gasteiger partial charge in [0.25, 0.3) is 11.8 Å². The molecule has 2 aromatic carbocycles. The second-order valence-corrected chi connectivity index (χ2v) is 8.47. The largest absolute Gasteiger partial charge is 0.494 e. The number of aryl methyl sites for hydroxylation is 3. The fraction of sp³-hybridized carbons (Fsp3) is 0.320. The molecule has 0 atom stereocenters. The van der Waals surface area contributed by atoms with Gasteiger partial charge in [0.1, 0.15) is 11.3 Å². The normalized spacial score (nSPS) is 15.6. The molecular weight excluding hydrogens is 408 g/mol. The van der Waals surface area contributed by atoms with Crippen LogP contribution in [0.4, 0.5) is 5.69 Å². The number of rotatable bonds is 5. The molecule has 2 amide bonds. The number of nitrogens with zero attached hydrogens (tertiary/aromatic N) is 1. The van der Waals surface area contributed by atoms with Crippen molar-refractivity contribution in [3.8, 4) is 5.75 Å². The maximum Gasteiger partial charge on any atom is 0.270 e. The lowest BCUT2D eigenvalue weighted by Crippen LogP contribution is -2.54. The Bertz CT molecular complexity index is 1100. The fourth-order valence-electron chi connectivity index (χ4n) is 3.69. The highest BCUT2D eigenvalue weighted by Crippen LogP contribution is 2.32. The molecule has 0 aromatic heterocycles. The molecule has 3 rings (SSSR count). The minimum Gasteiger partial charge on any atom is -0.494 e. The van der Waals surface area contributed by atoms with E-state index < -0.39 is 11.8 Å². The predicted molar refractivity (Wildman–Crippen MR) is 129 cm³/mol. The van der Waals surface area contributed by atoms with Gasteiger partial charge in [0.15, 0.2) is 5.11 Å². The Labute approximate surface area is 189 Å². The fourth-order valence-corrected chi connectivity index (χ4v) is 3.96. The predicted octanol–water partition coefficient (Wildman–Crippen LogP) is 4.97. The topological polar surface area (TPSA) is 58.6 Å². The first-order valence-corrected chi connectivity index (χ1v) is 10.8. The summed E-state index contributed by atoms with van der Waals surface area (Å²) in [4.78, 5) is 27.5. The third-order valence-corrected chi connectivity index (χ3v) is 5.60. The van der Waals surface area contributed by atoms with Gasteiger partial charge in [-0.25, -0.2) is 0 Å². The van der Waals surface area contributed by atoms with Crippen LogP contribution in [0, 0.1) is 20.8 Å². The third-order valence-electron chi connectivity index (χ3n) is 5.32. The van der Waals surface area contributed by atoms with Crippen molar-refractivity contribution in [3.63, 3.8) is 0 Å². The Morgan fingerprint density at radius 2 is 1.81 bits per heavy atom. The first-order valence-electron chi connectivity index (χ1n) is 10.4. The molecule has 1 aliphatic rings. The molecule has 0 spiro atoms. The monoisotopic (exact) mass is 436 g/mol. The van der Waals surface area contributed by atoms with Crippen LogP contribution in [0.15, 0.2) is 35.9 Å². The van der Waals surface area contributed by atoms with Crippen LogP contribution in [-0.2, 0) is 9.59 Å². The maximum absolute atomic E-state index is 13.4. The number of hydrogen-bond acceptors (Lipinski definition) is 4. The van der Waals surface area contributed by atoms with Gasteiger partial charge in [-0.05, 0) is 92.4 Å². The minimum absolute atomic E-state index is 0.0514. The van der Waals surface area contributed by atoms with E-state index >= 15 is 0 Å². The van der Waals surface area contributed by atoms with Crippen molar-refractivity contribution in [1.29, 1.82) is 0 Å². The molecule has 1 fully saturated rings. The standard InChI is InChI=1S/C25H28N2O3S/c1-7-30-22-11-16(5)18(12-19(22)14(2)3)13-20-23(28)26-25(31)27(24(20)29)21-9-8-15(4)10-17(21)6/h8-14H,7H2,1-6H3,(H,26,28,31)/b20-13+. The lowest BCUT2D eigenvalue weighted by Gasteiger charge is -2.30. The molecule has 0 unspecified atom stereocenters. The number of anilines is 1. The highest BCUT2D eigenvalue weighted by Gasteiger charge is 2.35. The van der Waals surface area contributed by atoms with Crippen LogP contribution in [0.3, 0.4) is 0 Å². The molecule has 1 N–H and O–H groups in total. The second kappa shape index (κ2) is 9.02. The van der Waals surface area contributed by atoms with Crippen molar-refractivity contribution in [2.75, 3.05) is 11.5 Å². The minimum atomic E-state index is -0.490. The summed E-state index contributed by atoms with van der Waals surface area (Å²) in [7, 11) is 0. The number of carbonyl (C=O) groups excluding carboxylic acids is 2. The zero-order chi connectivity index (χ0) is 22.9. The average Bonchev–Trinajstić information content (AvgIpc) is 2.68. The average molecular weight is 437 g/mol. The Morgan fingerprint density at radius 1 is 1.10 bits per heavy atom. The molecule has 6 heteroatoms. The number of carbonyl (C=O) groups is 2. The molecule has 5 nitrogen and oxygen atoms in total. The van der Waals surface area contributed by atoms with Crippen LogP contribution < -0.4 is 15.0 Å². The van der Waals surface area contributed by atoms with Crippen LogP contribution in [0.25, 0.3) is 6.08 Å². The number of thiocarbonyl (C=S) groups is 1. The third kappa shape index (κ3) is 4.54. The summed E-state index contributed by atoms with van der Waals surface area (Å²) in [5, 5.41) is 2.75. The Balaban J connectivity index is 2.09. The summed E-state index contributed by atoms with van der Waals surface area (Å²) in [6.45, 7) is 12.5. The van der Waals surface area contributed by atoms with Gasteiger partial charge in [-0.3, -0.25) is 19.8 Å². The van der Waals surface area contributed by atoms with Crippen LogP contribution >= 0.6 is 12.2 Å². The zero-order valence-corrected chi connectivity index (χ0v) is 19.6. The highest BCUT2D eigenvalue weighted by molar-refractivity contribution is 7.80. The molecule has 162 valence electrons. The van der Waals surface area contributed by atoms with E-state index in [4.69, 9.17) is 17.0 Å². The molecule has 31 heavy (non-hydrogen) atoms. The van der Waals surface area contributed by atoms with Crippen molar-refractivity contribution < 1.29 is 14.3 Å². The van der Waals surface area contributed by atoms with E-state index in [1.807, 2.05) is 58.0 Å². The van der Waals surface area contributed by atoms with E-state index in [0.29, 0.717) is 12.3 Å². The Morgan fingerprint density at radius 3 is 2.42 bits per heavy atom. The van der Waals surface area contributed by atoms with Crippen LogP contribution in [0.5, 0.6) is 5.75 Å². The van der Waals surface area contributed by atoms with Gasteiger partial charge in [0, 0.05) is 0 Å². The zero-order valence-electron chi connectivity index (χ0n) is 18.8. The first kappa shape index (κ1) is 22.7. The van der Waals surface area contributed by atoms with Crippen LogP contribution in [-0.4, -0.2) is 23.5 Å². The van der Waals surface area contributed by atoms with Gasteiger partial charge in [0.2, 0.25) is 0 Å². The number of hydrogen-bond donors (Lipinski definition) is 1. The van der Waals surface area contributed by atoms with Gasteiger partial charge in [-0.2, -0.15) is 0 Å². The van der Waals surface area contributed by atoms with E-state index in [9.17, 15) is 9.59 Å². The van der Waals surface area contributed by atoms with Crippen LogP contribution in [0.1, 0.15) is 54.5 Å². The van der Waals surface area contributed by atoms with Crippen molar-refractivity contribution in [2.45, 2.75) is 47.5 Å². The van der Waals surface area contributed by atoms with Gasteiger partial charge < -0.3 is 4.74 Å². The van der Waals surface area contributed by atoms with Crippen molar-refractivity contribution in [1.82, 2.24) is 5.32 Å². The van der Waals surface area contributed by atoms with E-state index in [2.05, 4.69) is 19.2 Å². The van der Waals surface area contributed by atoms with E-state index in [1.165, 1.54) is 4.90 Å². The highest BCUT2D eigenvalue weighted by atomic mass is 32.1. The first-order chi connectivity index (χ1) is 14.6. The summed E-state index contributed by atoms with van der Waals surface area (Å²) in [6, 6.07) is 9.71. The molecule has 0 bridgehead atoms.